The van der Waals surface area contributed by atoms with E-state index in [-0.39, 0.29) is 0 Å². The van der Waals surface area contributed by atoms with Gasteiger partial charge in [-0.25, -0.2) is 0 Å². The van der Waals surface area contributed by atoms with Gasteiger partial charge >= 0.3 is 5.97 Å². The fourth-order valence-electron chi connectivity index (χ4n) is 1.02. The number of aliphatic hydroxyl groups excluding tert-OH is 2. The van der Waals surface area contributed by atoms with Gasteiger partial charge in [-0.1, -0.05) is 0 Å². The fourth-order valence-corrected chi connectivity index (χ4v) is 1.02. The maximum atomic E-state index is 11.5. The van der Waals surface area contributed by atoms with Crippen LogP contribution in [0.5, 0.6) is 0 Å². The van der Waals surface area contributed by atoms with Crippen LogP contribution < -0.4 is 16.4 Å². The normalized spacial score (nSPS) is 15.3. The van der Waals surface area contributed by atoms with E-state index >= 15 is 0 Å². The molecule has 7 N–H and O–H groups in total. The minimum absolute atomic E-state index is 0.616. The number of nitrogens with one attached hydrogen (secondary N) is 2. The molecule has 0 aromatic heterocycles. The summed E-state index contributed by atoms with van der Waals surface area (Å²) in [4.78, 5) is 33.1. The molecule has 0 aromatic rings. The standard InChI is InChI=1S/C9H17N3O6/c1-4(14)7(9(18)11-2-6(15)16)12-8(17)5(10)3-13/h4-5,7,13-14H,2-3,10H2,1H3,(H,11,18)(H,12,17)(H,15,16). The molecule has 104 valence electrons. The Bertz CT molecular complexity index is 319. The maximum Gasteiger partial charge on any atom is 0.322 e. The quantitative estimate of drug-likeness (QED) is 0.276. The van der Waals surface area contributed by atoms with Crippen molar-refractivity contribution in [3.63, 3.8) is 0 Å². The molecule has 0 saturated carbocycles. The number of nitrogens with two attached hydrogens (primary N) is 1. The third kappa shape index (κ3) is 5.57. The topological polar surface area (TPSA) is 162 Å². The zero-order valence-corrected chi connectivity index (χ0v) is 9.79. The summed E-state index contributed by atoms with van der Waals surface area (Å²) in [7, 11) is 0. The Morgan fingerprint density at radius 3 is 2.22 bits per heavy atom. The van der Waals surface area contributed by atoms with E-state index in [1.165, 1.54) is 6.92 Å². The molecule has 9 heteroatoms. The highest BCUT2D eigenvalue weighted by Gasteiger charge is 2.27. The number of aliphatic hydroxyl groups is 2. The summed E-state index contributed by atoms with van der Waals surface area (Å²) in [5.74, 6) is -2.94. The molecule has 0 saturated heterocycles. The average molecular weight is 263 g/mol. The number of hydrogen-bond donors (Lipinski definition) is 6. The van der Waals surface area contributed by atoms with Crippen molar-refractivity contribution in [1.29, 1.82) is 0 Å². The Kier molecular flexibility index (Phi) is 6.86. The first-order valence-corrected chi connectivity index (χ1v) is 5.14. The van der Waals surface area contributed by atoms with Gasteiger partial charge in [0.2, 0.25) is 11.8 Å². The second-order valence-corrected chi connectivity index (χ2v) is 3.63. The van der Waals surface area contributed by atoms with Crippen LogP contribution in [0.25, 0.3) is 0 Å². The second-order valence-electron chi connectivity index (χ2n) is 3.63. The molecule has 0 aliphatic carbocycles. The lowest BCUT2D eigenvalue weighted by Crippen LogP contribution is -2.56. The van der Waals surface area contributed by atoms with E-state index in [0.29, 0.717) is 0 Å². The first kappa shape index (κ1) is 16.3. The first-order chi connectivity index (χ1) is 8.29. The first-order valence-electron chi connectivity index (χ1n) is 5.14. The Hall–Kier alpha value is -1.71. The maximum absolute atomic E-state index is 11.5. The van der Waals surface area contributed by atoms with Crippen LogP contribution in [-0.2, 0) is 14.4 Å². The summed E-state index contributed by atoms with van der Waals surface area (Å²) in [5.41, 5.74) is 5.22. The van der Waals surface area contributed by atoms with Crippen molar-refractivity contribution in [3.05, 3.63) is 0 Å². The third-order valence-electron chi connectivity index (χ3n) is 2.01. The number of amides is 2. The molecule has 9 nitrogen and oxygen atoms in total. The zero-order chi connectivity index (χ0) is 14.3. The van der Waals surface area contributed by atoms with Crippen LogP contribution in [0.15, 0.2) is 0 Å². The molecular formula is C9H17N3O6. The van der Waals surface area contributed by atoms with Gasteiger partial charge in [0, 0.05) is 0 Å². The van der Waals surface area contributed by atoms with Gasteiger partial charge in [0.15, 0.2) is 0 Å². The molecule has 0 fully saturated rings. The Morgan fingerprint density at radius 2 is 1.83 bits per heavy atom. The summed E-state index contributed by atoms with van der Waals surface area (Å²) < 4.78 is 0. The molecule has 0 heterocycles. The average Bonchev–Trinajstić information content (AvgIpc) is 2.30. The van der Waals surface area contributed by atoms with Gasteiger partial charge in [-0.05, 0) is 6.92 Å². The zero-order valence-electron chi connectivity index (χ0n) is 9.79. The number of aliphatic carboxylic acids is 1. The lowest BCUT2D eigenvalue weighted by Gasteiger charge is -2.21. The highest BCUT2D eigenvalue weighted by Crippen LogP contribution is 1.94. The van der Waals surface area contributed by atoms with Crippen molar-refractivity contribution >= 4 is 17.8 Å². The smallest absolute Gasteiger partial charge is 0.322 e. The van der Waals surface area contributed by atoms with Crippen molar-refractivity contribution in [2.24, 2.45) is 5.73 Å². The molecule has 2 amide bonds. The lowest BCUT2D eigenvalue weighted by atomic mass is 10.1. The van der Waals surface area contributed by atoms with Gasteiger partial charge in [-0.15, -0.1) is 0 Å². The van der Waals surface area contributed by atoms with E-state index in [1.807, 2.05) is 5.32 Å². The van der Waals surface area contributed by atoms with E-state index in [9.17, 15) is 19.5 Å². The Balaban J connectivity index is 4.52. The van der Waals surface area contributed by atoms with E-state index < -0.39 is 49.1 Å². The highest BCUT2D eigenvalue weighted by atomic mass is 16.4. The molecule has 0 aromatic carbocycles. The number of carbonyl (C=O) groups excluding carboxylic acids is 2. The fraction of sp³-hybridized carbons (Fsp3) is 0.667. The third-order valence-corrected chi connectivity index (χ3v) is 2.01. The minimum Gasteiger partial charge on any atom is -0.480 e. The van der Waals surface area contributed by atoms with Crippen LogP contribution in [0.1, 0.15) is 6.92 Å². The van der Waals surface area contributed by atoms with Gasteiger partial charge in [-0.2, -0.15) is 0 Å². The van der Waals surface area contributed by atoms with Crippen LogP contribution >= 0.6 is 0 Å². The van der Waals surface area contributed by atoms with Crippen LogP contribution in [0.3, 0.4) is 0 Å². The van der Waals surface area contributed by atoms with Gasteiger partial charge in [0.1, 0.15) is 18.6 Å². The van der Waals surface area contributed by atoms with Crippen molar-refractivity contribution in [2.75, 3.05) is 13.2 Å². The predicted molar refractivity (Wildman–Crippen MR) is 59.3 cm³/mol. The van der Waals surface area contributed by atoms with Crippen molar-refractivity contribution in [3.8, 4) is 0 Å². The van der Waals surface area contributed by atoms with Gasteiger partial charge in [0.25, 0.3) is 0 Å². The minimum atomic E-state index is -1.34. The molecule has 18 heavy (non-hydrogen) atoms. The predicted octanol–water partition coefficient (Wildman–Crippen LogP) is -3.63. The number of hydrogen-bond acceptors (Lipinski definition) is 6. The van der Waals surface area contributed by atoms with Gasteiger partial charge in [-0.3, -0.25) is 14.4 Å². The Morgan fingerprint density at radius 1 is 1.28 bits per heavy atom. The van der Waals surface area contributed by atoms with E-state index in [1.54, 1.807) is 0 Å². The molecule has 0 bridgehead atoms. The van der Waals surface area contributed by atoms with Gasteiger partial charge in [0.05, 0.1) is 12.7 Å². The number of carboxylic acids is 1. The monoisotopic (exact) mass is 263 g/mol. The Labute approximate surface area is 103 Å². The van der Waals surface area contributed by atoms with Gasteiger partial charge < -0.3 is 31.7 Å². The number of carbonyl (C=O) groups is 3. The van der Waals surface area contributed by atoms with Crippen molar-refractivity contribution in [1.82, 2.24) is 10.6 Å². The summed E-state index contributed by atoms with van der Waals surface area (Å²) in [6.07, 6.45) is -1.24. The number of carboxylic acid groups (broad SMARTS) is 1. The lowest BCUT2D eigenvalue weighted by molar-refractivity contribution is -0.139. The summed E-state index contributed by atoms with van der Waals surface area (Å²) >= 11 is 0. The van der Waals surface area contributed by atoms with Crippen LogP contribution in [0.4, 0.5) is 0 Å². The molecular weight excluding hydrogens is 246 g/mol. The molecule has 0 radical (unpaired) electrons. The van der Waals surface area contributed by atoms with Crippen molar-refractivity contribution in [2.45, 2.75) is 25.1 Å². The second kappa shape index (κ2) is 7.58. The van der Waals surface area contributed by atoms with E-state index in [2.05, 4.69) is 5.32 Å². The van der Waals surface area contributed by atoms with Crippen LogP contribution in [0.2, 0.25) is 0 Å². The molecule has 0 spiro atoms. The number of rotatable bonds is 7. The SMILES string of the molecule is CC(O)C(NC(=O)C(N)CO)C(=O)NCC(=O)O. The van der Waals surface area contributed by atoms with E-state index in [0.717, 1.165) is 0 Å². The molecule has 0 aliphatic rings. The van der Waals surface area contributed by atoms with E-state index in [4.69, 9.17) is 15.9 Å². The summed E-state index contributed by atoms with van der Waals surface area (Å²) in [6.45, 7) is -0.00511. The largest absolute Gasteiger partial charge is 0.480 e. The summed E-state index contributed by atoms with van der Waals surface area (Å²) in [6, 6.07) is -2.56. The van der Waals surface area contributed by atoms with Crippen LogP contribution in [-0.4, -0.2) is 64.4 Å². The van der Waals surface area contributed by atoms with Crippen LogP contribution in [0, 0.1) is 0 Å². The van der Waals surface area contributed by atoms with Crippen molar-refractivity contribution < 1.29 is 29.7 Å². The highest BCUT2D eigenvalue weighted by molar-refractivity contribution is 5.91. The molecule has 0 aliphatic heterocycles. The molecule has 0 rings (SSSR count). The molecule has 3 atom stereocenters. The summed E-state index contributed by atoms with van der Waals surface area (Å²) in [5, 5.41) is 30.5. The molecule has 3 unspecified atom stereocenters.